The van der Waals surface area contributed by atoms with Gasteiger partial charge in [-0.3, -0.25) is 4.79 Å². The summed E-state index contributed by atoms with van der Waals surface area (Å²) in [5.41, 5.74) is 0.117. The van der Waals surface area contributed by atoms with Crippen LogP contribution >= 0.6 is 11.3 Å². The first kappa shape index (κ1) is 12.5. The highest BCUT2D eigenvalue weighted by atomic mass is 32.2. The van der Waals surface area contributed by atoms with Gasteiger partial charge in [-0.05, 0) is 12.8 Å². The smallest absolute Gasteiger partial charge is 0.284 e. The molecule has 0 saturated carbocycles. The number of amides is 1. The fourth-order valence-electron chi connectivity index (χ4n) is 1.53. The molecule has 0 aliphatic carbocycles. The monoisotopic (exact) mass is 276 g/mol. The normalized spacial score (nSPS) is 20.4. The number of rotatable bonds is 3. The zero-order valence-corrected chi connectivity index (χ0v) is 10.8. The molecule has 1 aromatic heterocycles. The summed E-state index contributed by atoms with van der Waals surface area (Å²) in [5, 5.41) is 2.26. The van der Waals surface area contributed by atoms with Gasteiger partial charge in [0.2, 0.25) is 10.0 Å². The van der Waals surface area contributed by atoms with Crippen molar-refractivity contribution in [2.24, 2.45) is 0 Å². The first-order valence-corrected chi connectivity index (χ1v) is 7.82. The highest BCUT2D eigenvalue weighted by Gasteiger charge is 2.23. The van der Waals surface area contributed by atoms with Crippen molar-refractivity contribution in [2.75, 3.05) is 12.9 Å². The van der Waals surface area contributed by atoms with Crippen LogP contribution in [0.15, 0.2) is 5.38 Å². The van der Waals surface area contributed by atoms with E-state index in [1.807, 2.05) is 4.72 Å². The summed E-state index contributed by atoms with van der Waals surface area (Å²) in [6.07, 6.45) is 2.74. The number of aromatic nitrogens is 1. The van der Waals surface area contributed by atoms with E-state index < -0.39 is 15.9 Å². The molecule has 6 nitrogen and oxygen atoms in total. The number of nitrogens with one attached hydrogen (secondary N) is 1. The van der Waals surface area contributed by atoms with Gasteiger partial charge in [-0.25, -0.2) is 18.1 Å². The minimum Gasteiger partial charge on any atom is -0.371 e. The Kier molecular flexibility index (Phi) is 3.45. The van der Waals surface area contributed by atoms with Gasteiger partial charge >= 0.3 is 0 Å². The SMILES string of the molecule is CS(=O)(=O)NC(=O)c1csc([C@H]2CCCO2)n1. The van der Waals surface area contributed by atoms with E-state index >= 15 is 0 Å². The minimum absolute atomic E-state index is 0.0558. The fraction of sp³-hybridized carbons (Fsp3) is 0.556. The maximum atomic E-state index is 11.5. The van der Waals surface area contributed by atoms with Gasteiger partial charge in [-0.15, -0.1) is 11.3 Å². The molecule has 0 spiro atoms. The zero-order chi connectivity index (χ0) is 12.5. The van der Waals surface area contributed by atoms with Crippen LogP contribution in [0.1, 0.15) is 34.4 Å². The van der Waals surface area contributed by atoms with Crippen LogP contribution in [0.3, 0.4) is 0 Å². The second-order valence-corrected chi connectivity index (χ2v) is 6.41. The van der Waals surface area contributed by atoms with Crippen molar-refractivity contribution in [1.82, 2.24) is 9.71 Å². The number of nitrogens with zero attached hydrogens (tertiary/aromatic N) is 1. The van der Waals surface area contributed by atoms with E-state index in [1.54, 1.807) is 0 Å². The van der Waals surface area contributed by atoms with Gasteiger partial charge < -0.3 is 4.74 Å². The molecule has 1 aliphatic rings. The van der Waals surface area contributed by atoms with Crippen LogP contribution in [0.2, 0.25) is 0 Å². The van der Waals surface area contributed by atoms with Gasteiger partial charge in [-0.2, -0.15) is 0 Å². The molecule has 1 aromatic rings. The number of sulfonamides is 1. The largest absolute Gasteiger partial charge is 0.371 e. The van der Waals surface area contributed by atoms with E-state index in [0.717, 1.165) is 24.1 Å². The van der Waals surface area contributed by atoms with Gasteiger partial charge in [0.15, 0.2) is 0 Å². The molecule has 1 aliphatic heterocycles. The number of ether oxygens (including phenoxy) is 1. The van der Waals surface area contributed by atoms with E-state index in [0.29, 0.717) is 6.61 Å². The van der Waals surface area contributed by atoms with Crippen LogP contribution in [-0.2, 0) is 14.8 Å². The van der Waals surface area contributed by atoms with Crippen molar-refractivity contribution in [2.45, 2.75) is 18.9 Å². The number of carbonyl (C=O) groups excluding carboxylic acids is 1. The van der Waals surface area contributed by atoms with Crippen LogP contribution in [0.5, 0.6) is 0 Å². The molecule has 2 rings (SSSR count). The molecule has 1 amide bonds. The molecule has 17 heavy (non-hydrogen) atoms. The summed E-state index contributed by atoms with van der Waals surface area (Å²) in [4.78, 5) is 15.6. The van der Waals surface area contributed by atoms with E-state index in [9.17, 15) is 13.2 Å². The molecule has 1 fully saturated rings. The van der Waals surface area contributed by atoms with Crippen LogP contribution in [0.25, 0.3) is 0 Å². The van der Waals surface area contributed by atoms with Crippen LogP contribution < -0.4 is 4.72 Å². The Morgan fingerprint density at radius 3 is 3.00 bits per heavy atom. The summed E-state index contributed by atoms with van der Waals surface area (Å²) >= 11 is 1.31. The molecule has 0 unspecified atom stereocenters. The molecule has 94 valence electrons. The minimum atomic E-state index is -3.55. The zero-order valence-electron chi connectivity index (χ0n) is 9.17. The third kappa shape index (κ3) is 3.24. The molecule has 2 heterocycles. The third-order valence-corrected chi connectivity index (χ3v) is 3.73. The predicted molar refractivity (Wildman–Crippen MR) is 62.4 cm³/mol. The van der Waals surface area contributed by atoms with Crippen molar-refractivity contribution < 1.29 is 17.9 Å². The molecule has 0 aromatic carbocycles. The first-order valence-electron chi connectivity index (χ1n) is 5.05. The average molecular weight is 276 g/mol. The van der Waals surface area contributed by atoms with Crippen LogP contribution in [0, 0.1) is 0 Å². The Morgan fingerprint density at radius 1 is 1.65 bits per heavy atom. The van der Waals surface area contributed by atoms with Gasteiger partial charge in [0.05, 0.1) is 6.26 Å². The molecule has 1 saturated heterocycles. The van der Waals surface area contributed by atoms with E-state index in [2.05, 4.69) is 4.98 Å². The van der Waals surface area contributed by atoms with Crippen molar-refractivity contribution in [3.05, 3.63) is 16.1 Å². The van der Waals surface area contributed by atoms with Crippen LogP contribution in [0.4, 0.5) is 0 Å². The molecule has 0 bridgehead atoms. The Morgan fingerprint density at radius 2 is 2.41 bits per heavy atom. The fourth-order valence-corrected chi connectivity index (χ4v) is 2.86. The topological polar surface area (TPSA) is 85.4 Å². The average Bonchev–Trinajstić information content (AvgIpc) is 2.86. The Labute approximate surface area is 103 Å². The van der Waals surface area contributed by atoms with Gasteiger partial charge in [-0.1, -0.05) is 0 Å². The Balaban J connectivity index is 2.10. The van der Waals surface area contributed by atoms with Crippen LogP contribution in [-0.4, -0.2) is 32.2 Å². The summed E-state index contributed by atoms with van der Waals surface area (Å²) in [5.74, 6) is -0.701. The lowest BCUT2D eigenvalue weighted by Gasteiger charge is -2.03. The third-order valence-electron chi connectivity index (χ3n) is 2.24. The second-order valence-electron chi connectivity index (χ2n) is 3.78. The van der Waals surface area contributed by atoms with Gasteiger partial charge in [0, 0.05) is 12.0 Å². The second kappa shape index (κ2) is 4.71. The van der Waals surface area contributed by atoms with Gasteiger partial charge in [0.25, 0.3) is 5.91 Å². The van der Waals surface area contributed by atoms with E-state index in [4.69, 9.17) is 4.74 Å². The van der Waals surface area contributed by atoms with E-state index in [1.165, 1.54) is 16.7 Å². The van der Waals surface area contributed by atoms with E-state index in [-0.39, 0.29) is 11.8 Å². The molecule has 1 N–H and O–H groups in total. The summed E-state index contributed by atoms with van der Waals surface area (Å²) < 4.78 is 29.1. The van der Waals surface area contributed by atoms with Crippen molar-refractivity contribution in [3.63, 3.8) is 0 Å². The number of hydrogen-bond donors (Lipinski definition) is 1. The maximum Gasteiger partial charge on any atom is 0.284 e. The van der Waals surface area contributed by atoms with Gasteiger partial charge in [0.1, 0.15) is 16.8 Å². The lowest BCUT2D eigenvalue weighted by molar-refractivity contribution is 0.0973. The standard InChI is InChI=1S/C9H12N2O4S2/c1-17(13,14)11-8(12)6-5-16-9(10-6)7-3-2-4-15-7/h5,7H,2-4H2,1H3,(H,11,12)/t7-/m1/s1. The molecule has 0 radical (unpaired) electrons. The number of thiazole rings is 1. The quantitative estimate of drug-likeness (QED) is 0.877. The number of hydrogen-bond acceptors (Lipinski definition) is 6. The maximum absolute atomic E-state index is 11.5. The lowest BCUT2D eigenvalue weighted by atomic mass is 10.2. The molecule has 1 atom stereocenters. The predicted octanol–water partition coefficient (Wildman–Crippen LogP) is 0.684. The Hall–Kier alpha value is -0.990. The molecule has 8 heteroatoms. The lowest BCUT2D eigenvalue weighted by Crippen LogP contribution is -2.29. The molecular weight excluding hydrogens is 264 g/mol. The summed E-state index contributed by atoms with van der Waals surface area (Å²) in [6, 6.07) is 0. The highest BCUT2D eigenvalue weighted by molar-refractivity contribution is 7.89. The molecular formula is C9H12N2O4S2. The van der Waals surface area contributed by atoms with Crippen molar-refractivity contribution in [1.29, 1.82) is 0 Å². The van der Waals surface area contributed by atoms with Crippen molar-refractivity contribution in [3.8, 4) is 0 Å². The summed E-state index contributed by atoms with van der Waals surface area (Å²) in [7, 11) is -3.55. The highest BCUT2D eigenvalue weighted by Crippen LogP contribution is 2.30. The first-order chi connectivity index (χ1) is 7.96. The Bertz CT molecular complexity index is 517. The number of carbonyl (C=O) groups is 1. The summed E-state index contributed by atoms with van der Waals surface area (Å²) in [6.45, 7) is 0.703. The van der Waals surface area contributed by atoms with Crippen molar-refractivity contribution >= 4 is 27.3 Å².